The summed E-state index contributed by atoms with van der Waals surface area (Å²) in [6.45, 7) is 14.9. The van der Waals surface area contributed by atoms with Gasteiger partial charge in [-0.1, -0.05) is 6.42 Å². The van der Waals surface area contributed by atoms with Crippen LogP contribution in [0.5, 0.6) is 0 Å². The number of nitrogens with one attached hydrogen (secondary N) is 1. The molecular formula is C25H48N4O2. The second-order valence-electron chi connectivity index (χ2n) is 12.0. The van der Waals surface area contributed by atoms with Crippen molar-refractivity contribution in [2.24, 2.45) is 5.92 Å². The summed E-state index contributed by atoms with van der Waals surface area (Å²) in [4.78, 5) is 19.9. The van der Waals surface area contributed by atoms with Crippen LogP contribution in [0.25, 0.3) is 0 Å². The first-order chi connectivity index (χ1) is 14.5. The van der Waals surface area contributed by atoms with E-state index in [1.54, 1.807) is 0 Å². The van der Waals surface area contributed by atoms with Gasteiger partial charge in [0.25, 0.3) is 0 Å². The first kappa shape index (κ1) is 24.8. The van der Waals surface area contributed by atoms with Gasteiger partial charge in [0.15, 0.2) is 0 Å². The summed E-state index contributed by atoms with van der Waals surface area (Å²) in [7, 11) is 4.41. The summed E-state index contributed by atoms with van der Waals surface area (Å²) in [6.07, 6.45) is 8.31. The Hall–Kier alpha value is -0.850. The minimum Gasteiger partial charge on any atom is -0.444 e. The Bertz CT molecular complexity index is 593. The van der Waals surface area contributed by atoms with E-state index in [2.05, 4.69) is 43.1 Å². The van der Waals surface area contributed by atoms with Crippen molar-refractivity contribution in [3.8, 4) is 0 Å². The van der Waals surface area contributed by atoms with E-state index in [0.29, 0.717) is 18.0 Å². The number of carbonyl (C=O) groups excluding carboxylic acids is 1. The Morgan fingerprint density at radius 2 is 1.65 bits per heavy atom. The fourth-order valence-corrected chi connectivity index (χ4v) is 5.97. The lowest BCUT2D eigenvalue weighted by molar-refractivity contribution is 0.0159. The number of likely N-dealkylation sites (tertiary alicyclic amines) is 2. The van der Waals surface area contributed by atoms with Gasteiger partial charge in [0.05, 0.1) is 0 Å². The zero-order valence-electron chi connectivity index (χ0n) is 21.2. The molecule has 6 heteroatoms. The molecule has 0 aromatic rings. The van der Waals surface area contributed by atoms with Gasteiger partial charge in [-0.25, -0.2) is 4.79 Å². The van der Waals surface area contributed by atoms with Crippen LogP contribution >= 0.6 is 0 Å². The predicted octanol–water partition coefficient (Wildman–Crippen LogP) is 3.95. The van der Waals surface area contributed by atoms with Crippen LogP contribution in [0.4, 0.5) is 4.79 Å². The minimum atomic E-state index is -0.429. The summed E-state index contributed by atoms with van der Waals surface area (Å²) in [5.74, 6) is 0.547. The van der Waals surface area contributed by atoms with Crippen molar-refractivity contribution >= 4 is 6.09 Å². The standard InChI is InChI=1S/C25H48N4O2/c1-24(2,3)31-23(30)29-15-9-12-22(29)20-10-8-11-21(20)26-18-25(4,5)28-16-13-19(14-17-28)27(6)7/h19-22,26H,8-18H2,1-7H3/t20-,21-,22-/m1/s1. The van der Waals surface area contributed by atoms with E-state index < -0.39 is 5.60 Å². The Morgan fingerprint density at radius 1 is 0.968 bits per heavy atom. The third kappa shape index (κ3) is 6.35. The fourth-order valence-electron chi connectivity index (χ4n) is 5.97. The lowest BCUT2D eigenvalue weighted by Crippen LogP contribution is -2.57. The first-order valence-corrected chi connectivity index (χ1v) is 12.6. The Balaban J connectivity index is 1.55. The van der Waals surface area contributed by atoms with Gasteiger partial charge in [-0.05, 0) is 93.2 Å². The normalized spacial score (nSPS) is 29.2. The predicted molar refractivity (Wildman–Crippen MR) is 127 cm³/mol. The summed E-state index contributed by atoms with van der Waals surface area (Å²) in [6, 6.07) is 1.56. The molecule has 31 heavy (non-hydrogen) atoms. The average molecular weight is 437 g/mol. The molecule has 0 aromatic carbocycles. The average Bonchev–Trinajstić information content (AvgIpc) is 3.34. The Morgan fingerprint density at radius 3 is 2.26 bits per heavy atom. The SMILES string of the molecule is CN(C)C1CCN(C(C)(C)CN[C@@H]2CCC[C@H]2[C@H]2CCCN2C(=O)OC(C)(C)C)CC1. The fraction of sp³-hybridized carbons (Fsp3) is 0.960. The molecule has 2 saturated heterocycles. The summed E-state index contributed by atoms with van der Waals surface area (Å²) in [5, 5.41) is 3.96. The van der Waals surface area contributed by atoms with E-state index in [0.717, 1.165) is 32.0 Å². The molecule has 0 aromatic heterocycles. The van der Waals surface area contributed by atoms with Crippen LogP contribution in [-0.4, -0.2) is 90.3 Å². The van der Waals surface area contributed by atoms with Gasteiger partial charge in [0.2, 0.25) is 0 Å². The molecule has 1 aliphatic carbocycles. The summed E-state index contributed by atoms with van der Waals surface area (Å²) in [5.41, 5.74) is -0.271. The van der Waals surface area contributed by atoms with Crippen molar-refractivity contribution in [2.75, 3.05) is 40.3 Å². The number of hydrogen-bond acceptors (Lipinski definition) is 5. The molecule has 6 nitrogen and oxygen atoms in total. The van der Waals surface area contributed by atoms with Gasteiger partial charge in [-0.2, -0.15) is 0 Å². The monoisotopic (exact) mass is 436 g/mol. The van der Waals surface area contributed by atoms with Crippen LogP contribution in [0.15, 0.2) is 0 Å². The number of nitrogens with zero attached hydrogens (tertiary/aromatic N) is 3. The summed E-state index contributed by atoms with van der Waals surface area (Å²) < 4.78 is 5.72. The molecule has 180 valence electrons. The quantitative estimate of drug-likeness (QED) is 0.683. The van der Waals surface area contributed by atoms with Gasteiger partial charge in [0.1, 0.15) is 5.60 Å². The van der Waals surface area contributed by atoms with Crippen LogP contribution in [-0.2, 0) is 4.74 Å². The van der Waals surface area contributed by atoms with Crippen molar-refractivity contribution in [2.45, 2.75) is 109 Å². The van der Waals surface area contributed by atoms with Gasteiger partial charge in [0, 0.05) is 49.8 Å². The van der Waals surface area contributed by atoms with Crippen molar-refractivity contribution in [1.82, 2.24) is 20.0 Å². The smallest absolute Gasteiger partial charge is 0.410 e. The zero-order chi connectivity index (χ0) is 22.8. The largest absolute Gasteiger partial charge is 0.444 e. The lowest BCUT2D eigenvalue weighted by atomic mass is 9.91. The molecule has 1 N–H and O–H groups in total. The lowest BCUT2D eigenvalue weighted by Gasteiger charge is -2.45. The van der Waals surface area contributed by atoms with Crippen LogP contribution < -0.4 is 5.32 Å². The molecule has 0 spiro atoms. The Labute approximate surface area is 191 Å². The van der Waals surface area contributed by atoms with Crippen molar-refractivity contribution in [3.05, 3.63) is 0 Å². The van der Waals surface area contributed by atoms with E-state index in [-0.39, 0.29) is 11.6 Å². The first-order valence-electron chi connectivity index (χ1n) is 12.6. The highest BCUT2D eigenvalue weighted by Gasteiger charge is 2.42. The molecule has 0 bridgehead atoms. The second-order valence-corrected chi connectivity index (χ2v) is 12.0. The minimum absolute atomic E-state index is 0.121. The molecule has 0 unspecified atom stereocenters. The number of amides is 1. The molecule has 2 heterocycles. The third-order valence-electron chi connectivity index (χ3n) is 7.84. The van der Waals surface area contributed by atoms with E-state index in [4.69, 9.17) is 4.74 Å². The number of ether oxygens (including phenoxy) is 1. The second kappa shape index (κ2) is 9.96. The van der Waals surface area contributed by atoms with Crippen molar-refractivity contribution in [1.29, 1.82) is 0 Å². The van der Waals surface area contributed by atoms with E-state index in [1.807, 2.05) is 25.7 Å². The highest BCUT2D eigenvalue weighted by molar-refractivity contribution is 5.69. The number of hydrogen-bond donors (Lipinski definition) is 1. The van der Waals surface area contributed by atoms with Crippen LogP contribution in [0, 0.1) is 5.92 Å². The van der Waals surface area contributed by atoms with E-state index >= 15 is 0 Å². The molecule has 3 rings (SSSR count). The molecule has 3 fully saturated rings. The maximum absolute atomic E-state index is 12.8. The van der Waals surface area contributed by atoms with Crippen molar-refractivity contribution < 1.29 is 9.53 Å². The molecule has 0 radical (unpaired) electrons. The Kier molecular flexibility index (Phi) is 7.97. The molecule has 2 aliphatic heterocycles. The topological polar surface area (TPSA) is 48.0 Å². The van der Waals surface area contributed by atoms with Crippen LogP contribution in [0.2, 0.25) is 0 Å². The highest BCUT2D eigenvalue weighted by atomic mass is 16.6. The number of piperidine rings is 1. The summed E-state index contributed by atoms with van der Waals surface area (Å²) >= 11 is 0. The molecule has 3 aliphatic rings. The van der Waals surface area contributed by atoms with Crippen LogP contribution in [0.3, 0.4) is 0 Å². The number of carbonyl (C=O) groups is 1. The number of rotatable bonds is 6. The van der Waals surface area contributed by atoms with Gasteiger partial charge in [-0.15, -0.1) is 0 Å². The molecule has 1 saturated carbocycles. The maximum atomic E-state index is 12.8. The van der Waals surface area contributed by atoms with Gasteiger partial charge < -0.3 is 19.9 Å². The third-order valence-corrected chi connectivity index (χ3v) is 7.84. The van der Waals surface area contributed by atoms with E-state index in [1.165, 1.54) is 45.2 Å². The van der Waals surface area contributed by atoms with Gasteiger partial charge in [-0.3, -0.25) is 4.90 Å². The molecule has 1 amide bonds. The van der Waals surface area contributed by atoms with E-state index in [9.17, 15) is 4.79 Å². The van der Waals surface area contributed by atoms with Gasteiger partial charge >= 0.3 is 6.09 Å². The van der Waals surface area contributed by atoms with Crippen molar-refractivity contribution in [3.63, 3.8) is 0 Å². The highest BCUT2D eigenvalue weighted by Crippen LogP contribution is 2.37. The maximum Gasteiger partial charge on any atom is 0.410 e. The van der Waals surface area contributed by atoms with Crippen LogP contribution in [0.1, 0.15) is 79.6 Å². The molecule has 3 atom stereocenters. The molecular weight excluding hydrogens is 388 g/mol. The zero-order valence-corrected chi connectivity index (χ0v) is 21.2.